The lowest BCUT2D eigenvalue weighted by Gasteiger charge is -2.26. The molecule has 16 heavy (non-hydrogen) atoms. The van der Waals surface area contributed by atoms with Crippen LogP contribution in [0.3, 0.4) is 0 Å². The minimum Gasteiger partial charge on any atom is -0.450 e. The van der Waals surface area contributed by atoms with E-state index in [4.69, 9.17) is 16.3 Å². The molecule has 0 bridgehead atoms. The molecule has 0 saturated carbocycles. The summed E-state index contributed by atoms with van der Waals surface area (Å²) in [6, 6.07) is 0. The van der Waals surface area contributed by atoms with Crippen LogP contribution in [0.1, 0.15) is 18.3 Å². The van der Waals surface area contributed by atoms with Crippen molar-refractivity contribution in [3.8, 4) is 0 Å². The standard InChI is InChI=1S/C10H12ClN3O2/c1-2-16-10(15)14-4-3-7-8(6-14)13-9(11)5-12-7/h5H,2-4,6H2,1H3. The molecule has 1 amide bonds. The maximum absolute atomic E-state index is 11.5. The topological polar surface area (TPSA) is 55.3 Å². The summed E-state index contributed by atoms with van der Waals surface area (Å²) >= 11 is 5.76. The second-order valence-electron chi connectivity index (χ2n) is 3.46. The molecule has 0 radical (unpaired) electrons. The second-order valence-corrected chi connectivity index (χ2v) is 3.84. The molecular formula is C10H12ClN3O2. The normalized spacial score (nSPS) is 14.5. The first-order valence-corrected chi connectivity index (χ1v) is 5.50. The van der Waals surface area contributed by atoms with Gasteiger partial charge >= 0.3 is 6.09 Å². The highest BCUT2D eigenvalue weighted by atomic mass is 35.5. The number of fused-ring (bicyclic) bond motifs is 1. The van der Waals surface area contributed by atoms with Gasteiger partial charge < -0.3 is 9.64 Å². The fourth-order valence-electron chi connectivity index (χ4n) is 1.63. The highest BCUT2D eigenvalue weighted by Crippen LogP contribution is 2.17. The quantitative estimate of drug-likeness (QED) is 0.750. The molecule has 0 saturated heterocycles. The average Bonchev–Trinajstić information content (AvgIpc) is 2.28. The smallest absolute Gasteiger partial charge is 0.410 e. The third-order valence-electron chi connectivity index (χ3n) is 2.39. The highest BCUT2D eigenvalue weighted by molar-refractivity contribution is 6.29. The SMILES string of the molecule is CCOC(=O)N1CCc2ncc(Cl)nc2C1. The summed E-state index contributed by atoms with van der Waals surface area (Å²) in [5, 5.41) is 0.351. The van der Waals surface area contributed by atoms with Crippen molar-refractivity contribution in [2.24, 2.45) is 0 Å². The van der Waals surface area contributed by atoms with Crippen molar-refractivity contribution in [3.63, 3.8) is 0 Å². The molecule has 1 aromatic rings. The number of carbonyl (C=O) groups excluding carboxylic acids is 1. The van der Waals surface area contributed by atoms with E-state index < -0.39 is 0 Å². The summed E-state index contributed by atoms with van der Waals surface area (Å²) in [6.07, 6.45) is 1.91. The molecule has 0 fully saturated rings. The van der Waals surface area contributed by atoms with E-state index in [2.05, 4.69) is 9.97 Å². The van der Waals surface area contributed by atoms with Crippen LogP contribution in [0.5, 0.6) is 0 Å². The molecule has 5 nitrogen and oxygen atoms in total. The van der Waals surface area contributed by atoms with Gasteiger partial charge in [0.25, 0.3) is 0 Å². The zero-order valence-electron chi connectivity index (χ0n) is 8.94. The first-order valence-electron chi connectivity index (χ1n) is 5.12. The maximum atomic E-state index is 11.5. The number of amides is 1. The van der Waals surface area contributed by atoms with Crippen molar-refractivity contribution >= 4 is 17.7 Å². The van der Waals surface area contributed by atoms with Crippen LogP contribution in [-0.4, -0.2) is 34.1 Å². The summed E-state index contributed by atoms with van der Waals surface area (Å²) in [7, 11) is 0. The molecular weight excluding hydrogens is 230 g/mol. The Labute approximate surface area is 98.4 Å². The van der Waals surface area contributed by atoms with Crippen LogP contribution < -0.4 is 0 Å². The van der Waals surface area contributed by atoms with Crippen molar-refractivity contribution in [2.75, 3.05) is 13.2 Å². The van der Waals surface area contributed by atoms with Crippen molar-refractivity contribution < 1.29 is 9.53 Å². The van der Waals surface area contributed by atoms with Gasteiger partial charge in [-0.15, -0.1) is 0 Å². The van der Waals surface area contributed by atoms with Crippen molar-refractivity contribution in [1.29, 1.82) is 0 Å². The second kappa shape index (κ2) is 4.65. The number of hydrogen-bond donors (Lipinski definition) is 0. The fraction of sp³-hybridized carbons (Fsp3) is 0.500. The molecule has 2 heterocycles. The van der Waals surface area contributed by atoms with Gasteiger partial charge in [0.05, 0.1) is 30.7 Å². The van der Waals surface area contributed by atoms with Gasteiger partial charge in [-0.25, -0.2) is 9.78 Å². The number of nitrogens with zero attached hydrogens (tertiary/aromatic N) is 3. The summed E-state index contributed by atoms with van der Waals surface area (Å²) in [6.45, 7) is 3.19. The van der Waals surface area contributed by atoms with Crippen LogP contribution in [0.15, 0.2) is 6.20 Å². The van der Waals surface area contributed by atoms with E-state index in [1.807, 2.05) is 0 Å². The summed E-state index contributed by atoms with van der Waals surface area (Å²) in [4.78, 5) is 21.5. The van der Waals surface area contributed by atoms with Gasteiger partial charge in [0.1, 0.15) is 5.15 Å². The highest BCUT2D eigenvalue weighted by Gasteiger charge is 2.23. The van der Waals surface area contributed by atoms with E-state index in [1.54, 1.807) is 11.8 Å². The zero-order chi connectivity index (χ0) is 11.5. The molecule has 0 aliphatic carbocycles. The zero-order valence-corrected chi connectivity index (χ0v) is 9.70. The lowest BCUT2D eigenvalue weighted by molar-refractivity contribution is 0.102. The third-order valence-corrected chi connectivity index (χ3v) is 2.57. The van der Waals surface area contributed by atoms with Gasteiger partial charge in [-0.1, -0.05) is 11.6 Å². The number of rotatable bonds is 1. The molecule has 1 aromatic heterocycles. The monoisotopic (exact) mass is 241 g/mol. The summed E-state index contributed by atoms with van der Waals surface area (Å²) in [5.74, 6) is 0. The molecule has 0 aromatic carbocycles. The van der Waals surface area contributed by atoms with Gasteiger partial charge in [-0.2, -0.15) is 0 Å². The Kier molecular flexibility index (Phi) is 3.24. The lowest BCUT2D eigenvalue weighted by atomic mass is 10.1. The Bertz CT molecular complexity index is 411. The van der Waals surface area contributed by atoms with Crippen LogP contribution >= 0.6 is 11.6 Å². The van der Waals surface area contributed by atoms with Gasteiger partial charge in [0.15, 0.2) is 0 Å². The first-order chi connectivity index (χ1) is 7.70. The molecule has 0 atom stereocenters. The van der Waals surface area contributed by atoms with Crippen molar-refractivity contribution in [3.05, 3.63) is 22.7 Å². The molecule has 0 spiro atoms. The summed E-state index contributed by atoms with van der Waals surface area (Å²) in [5.41, 5.74) is 1.66. The number of ether oxygens (including phenoxy) is 1. The van der Waals surface area contributed by atoms with E-state index >= 15 is 0 Å². The number of hydrogen-bond acceptors (Lipinski definition) is 4. The Balaban J connectivity index is 2.13. The van der Waals surface area contributed by atoms with Gasteiger partial charge in [-0.3, -0.25) is 4.98 Å². The van der Waals surface area contributed by atoms with Gasteiger partial charge in [0.2, 0.25) is 0 Å². The third kappa shape index (κ3) is 2.24. The minimum absolute atomic E-state index is 0.310. The number of halogens is 1. The van der Waals surface area contributed by atoms with E-state index in [1.165, 1.54) is 6.20 Å². The van der Waals surface area contributed by atoms with E-state index in [-0.39, 0.29) is 6.09 Å². The Morgan fingerprint density at radius 3 is 3.19 bits per heavy atom. The predicted molar refractivity (Wildman–Crippen MR) is 58.2 cm³/mol. The molecule has 6 heteroatoms. The van der Waals surface area contributed by atoms with Crippen LogP contribution in [0.4, 0.5) is 4.79 Å². The van der Waals surface area contributed by atoms with Crippen LogP contribution in [0, 0.1) is 0 Å². The molecule has 1 aliphatic heterocycles. The molecule has 0 N–H and O–H groups in total. The Morgan fingerprint density at radius 2 is 2.44 bits per heavy atom. The van der Waals surface area contributed by atoms with E-state index in [0.29, 0.717) is 31.3 Å². The number of carbonyl (C=O) groups is 1. The Hall–Kier alpha value is -1.36. The maximum Gasteiger partial charge on any atom is 0.410 e. The molecule has 2 rings (SSSR count). The fourth-order valence-corrected chi connectivity index (χ4v) is 1.79. The molecule has 0 unspecified atom stereocenters. The van der Waals surface area contributed by atoms with E-state index in [0.717, 1.165) is 11.4 Å². The summed E-state index contributed by atoms with van der Waals surface area (Å²) < 4.78 is 4.93. The number of aromatic nitrogens is 2. The van der Waals surface area contributed by atoms with Crippen molar-refractivity contribution in [1.82, 2.24) is 14.9 Å². The van der Waals surface area contributed by atoms with Gasteiger partial charge in [0, 0.05) is 13.0 Å². The van der Waals surface area contributed by atoms with Gasteiger partial charge in [-0.05, 0) is 6.92 Å². The predicted octanol–water partition coefficient (Wildman–Crippen LogP) is 1.64. The Morgan fingerprint density at radius 1 is 1.62 bits per heavy atom. The van der Waals surface area contributed by atoms with Crippen LogP contribution in [0.25, 0.3) is 0 Å². The van der Waals surface area contributed by atoms with E-state index in [9.17, 15) is 4.79 Å². The lowest BCUT2D eigenvalue weighted by Crippen LogP contribution is -2.37. The molecule has 86 valence electrons. The largest absolute Gasteiger partial charge is 0.450 e. The average molecular weight is 242 g/mol. The van der Waals surface area contributed by atoms with Crippen molar-refractivity contribution in [2.45, 2.75) is 19.9 Å². The first kappa shape index (κ1) is 11.1. The molecule has 1 aliphatic rings. The minimum atomic E-state index is -0.310. The van der Waals surface area contributed by atoms with Crippen LogP contribution in [-0.2, 0) is 17.7 Å². The van der Waals surface area contributed by atoms with Crippen LogP contribution in [0.2, 0.25) is 5.15 Å².